The van der Waals surface area contributed by atoms with E-state index >= 15 is 0 Å². The Labute approximate surface area is 119 Å². The fourth-order valence-corrected chi connectivity index (χ4v) is 2.91. The molecule has 0 saturated carbocycles. The van der Waals surface area contributed by atoms with Crippen molar-refractivity contribution in [3.8, 4) is 0 Å². The summed E-state index contributed by atoms with van der Waals surface area (Å²) in [7, 11) is 2.00. The largest absolute Gasteiger partial charge is 0.381 e. The van der Waals surface area contributed by atoms with E-state index in [0.717, 1.165) is 41.7 Å². The van der Waals surface area contributed by atoms with Crippen LogP contribution in [0, 0.1) is 5.92 Å². The monoisotopic (exact) mass is 287 g/mol. The molecule has 2 unspecified atom stereocenters. The Morgan fingerprint density at radius 2 is 2.28 bits per heavy atom. The van der Waals surface area contributed by atoms with Crippen LogP contribution >= 0.6 is 23.2 Å². The van der Waals surface area contributed by atoms with Gasteiger partial charge in [0.15, 0.2) is 0 Å². The summed E-state index contributed by atoms with van der Waals surface area (Å²) in [6.07, 6.45) is 3.25. The zero-order chi connectivity index (χ0) is 13.0. The smallest absolute Gasteiger partial charge is 0.0509 e. The van der Waals surface area contributed by atoms with Gasteiger partial charge in [-0.1, -0.05) is 23.2 Å². The summed E-state index contributed by atoms with van der Waals surface area (Å²) in [4.78, 5) is 0. The van der Waals surface area contributed by atoms with E-state index in [2.05, 4.69) is 5.32 Å². The lowest BCUT2D eigenvalue weighted by atomic mass is 9.89. The summed E-state index contributed by atoms with van der Waals surface area (Å²) >= 11 is 12.2. The molecule has 100 valence electrons. The van der Waals surface area contributed by atoms with Crippen LogP contribution in [0.4, 0.5) is 0 Å². The minimum absolute atomic E-state index is 0.390. The van der Waals surface area contributed by atoms with Crippen molar-refractivity contribution in [3.05, 3.63) is 33.8 Å². The molecule has 1 aromatic carbocycles. The van der Waals surface area contributed by atoms with Gasteiger partial charge in [-0.3, -0.25) is 0 Å². The van der Waals surface area contributed by atoms with Gasteiger partial charge in [0, 0.05) is 22.7 Å². The zero-order valence-electron chi connectivity index (χ0n) is 10.6. The van der Waals surface area contributed by atoms with Crippen LogP contribution in [-0.2, 0) is 11.2 Å². The Kier molecular flexibility index (Phi) is 5.31. The molecule has 4 heteroatoms. The Hall–Kier alpha value is -0.280. The second-order valence-electron chi connectivity index (χ2n) is 4.81. The first-order valence-corrected chi connectivity index (χ1v) is 7.15. The molecule has 0 spiro atoms. The van der Waals surface area contributed by atoms with Gasteiger partial charge < -0.3 is 10.1 Å². The second-order valence-corrected chi connectivity index (χ2v) is 5.66. The van der Waals surface area contributed by atoms with E-state index in [4.69, 9.17) is 27.9 Å². The van der Waals surface area contributed by atoms with Gasteiger partial charge in [-0.2, -0.15) is 0 Å². The molecule has 0 aromatic heterocycles. The number of hydrogen-bond acceptors (Lipinski definition) is 2. The van der Waals surface area contributed by atoms with Crippen LogP contribution in [0.15, 0.2) is 18.2 Å². The molecule has 1 fully saturated rings. The first-order valence-electron chi connectivity index (χ1n) is 6.39. The maximum Gasteiger partial charge on any atom is 0.0509 e. The van der Waals surface area contributed by atoms with Gasteiger partial charge in [0.1, 0.15) is 0 Å². The quantitative estimate of drug-likeness (QED) is 0.914. The fourth-order valence-electron chi connectivity index (χ4n) is 2.52. The van der Waals surface area contributed by atoms with E-state index in [-0.39, 0.29) is 0 Å². The molecule has 1 N–H and O–H groups in total. The van der Waals surface area contributed by atoms with Crippen LogP contribution in [0.3, 0.4) is 0 Å². The third kappa shape index (κ3) is 3.61. The van der Waals surface area contributed by atoms with Crippen LogP contribution in [0.2, 0.25) is 10.0 Å². The van der Waals surface area contributed by atoms with Crippen molar-refractivity contribution >= 4 is 23.2 Å². The third-order valence-corrected chi connectivity index (χ3v) is 4.19. The highest BCUT2D eigenvalue weighted by Crippen LogP contribution is 2.25. The SMILES string of the molecule is CNC(Cc1cc(Cl)ccc1Cl)C1CCCOC1. The molecule has 1 heterocycles. The van der Waals surface area contributed by atoms with Gasteiger partial charge in [0.05, 0.1) is 6.61 Å². The van der Waals surface area contributed by atoms with Crippen molar-refractivity contribution in [1.82, 2.24) is 5.32 Å². The van der Waals surface area contributed by atoms with Crippen LogP contribution in [-0.4, -0.2) is 26.3 Å². The Morgan fingerprint density at radius 1 is 1.44 bits per heavy atom. The van der Waals surface area contributed by atoms with E-state index < -0.39 is 0 Å². The van der Waals surface area contributed by atoms with E-state index in [9.17, 15) is 0 Å². The average Bonchev–Trinajstić information content (AvgIpc) is 2.41. The van der Waals surface area contributed by atoms with E-state index in [1.165, 1.54) is 6.42 Å². The van der Waals surface area contributed by atoms with Crippen molar-refractivity contribution in [2.24, 2.45) is 5.92 Å². The third-order valence-electron chi connectivity index (χ3n) is 3.58. The molecule has 0 amide bonds. The molecule has 0 radical (unpaired) electrons. The molecule has 18 heavy (non-hydrogen) atoms. The standard InChI is InChI=1S/C14H19Cl2NO/c1-17-14(10-3-2-6-18-9-10)8-11-7-12(15)4-5-13(11)16/h4-5,7,10,14,17H,2-3,6,8-9H2,1H3. The zero-order valence-corrected chi connectivity index (χ0v) is 12.1. The van der Waals surface area contributed by atoms with Crippen molar-refractivity contribution in [1.29, 1.82) is 0 Å². The maximum absolute atomic E-state index is 6.22. The van der Waals surface area contributed by atoms with Gasteiger partial charge in [0.2, 0.25) is 0 Å². The van der Waals surface area contributed by atoms with E-state index in [1.54, 1.807) is 0 Å². The van der Waals surface area contributed by atoms with Gasteiger partial charge in [0.25, 0.3) is 0 Å². The molecule has 1 aliphatic rings. The molecule has 0 aliphatic carbocycles. The van der Waals surface area contributed by atoms with Crippen molar-refractivity contribution in [2.45, 2.75) is 25.3 Å². The second kappa shape index (κ2) is 6.76. The molecule has 2 rings (SSSR count). The summed E-state index contributed by atoms with van der Waals surface area (Å²) in [5.74, 6) is 0.554. The number of benzene rings is 1. The lowest BCUT2D eigenvalue weighted by Crippen LogP contribution is -2.39. The average molecular weight is 288 g/mol. The normalized spacial score (nSPS) is 21.8. The summed E-state index contributed by atoms with van der Waals surface area (Å²) in [6, 6.07) is 6.04. The molecule has 1 saturated heterocycles. The molecular weight excluding hydrogens is 269 g/mol. The predicted octanol–water partition coefficient (Wildman–Crippen LogP) is 3.55. The number of halogens is 2. The lowest BCUT2D eigenvalue weighted by Gasteiger charge is -2.30. The number of nitrogens with one attached hydrogen (secondary N) is 1. The van der Waals surface area contributed by atoms with E-state index in [1.807, 2.05) is 25.2 Å². The minimum Gasteiger partial charge on any atom is -0.381 e. The molecular formula is C14H19Cl2NO. The highest BCUT2D eigenvalue weighted by Gasteiger charge is 2.23. The summed E-state index contributed by atoms with van der Waals surface area (Å²) in [5, 5.41) is 4.91. The summed E-state index contributed by atoms with van der Waals surface area (Å²) < 4.78 is 5.56. The number of rotatable bonds is 4. The predicted molar refractivity (Wildman–Crippen MR) is 76.6 cm³/mol. The fraction of sp³-hybridized carbons (Fsp3) is 0.571. The first-order chi connectivity index (χ1) is 8.70. The maximum atomic E-state index is 6.22. The summed E-state index contributed by atoms with van der Waals surface area (Å²) in [6.45, 7) is 1.73. The Bertz CT molecular complexity index is 391. The summed E-state index contributed by atoms with van der Waals surface area (Å²) in [5.41, 5.74) is 1.11. The van der Waals surface area contributed by atoms with E-state index in [0.29, 0.717) is 12.0 Å². The lowest BCUT2D eigenvalue weighted by molar-refractivity contribution is 0.0405. The first kappa shape index (κ1) is 14.1. The number of ether oxygens (including phenoxy) is 1. The highest BCUT2D eigenvalue weighted by atomic mass is 35.5. The van der Waals surface area contributed by atoms with Gasteiger partial charge >= 0.3 is 0 Å². The van der Waals surface area contributed by atoms with Crippen LogP contribution in [0.5, 0.6) is 0 Å². The molecule has 1 aromatic rings. The molecule has 2 nitrogen and oxygen atoms in total. The highest BCUT2D eigenvalue weighted by molar-refractivity contribution is 6.33. The number of hydrogen-bond donors (Lipinski definition) is 1. The Balaban J connectivity index is 2.06. The topological polar surface area (TPSA) is 21.3 Å². The van der Waals surface area contributed by atoms with Crippen LogP contribution in [0.25, 0.3) is 0 Å². The van der Waals surface area contributed by atoms with Crippen molar-refractivity contribution in [2.75, 3.05) is 20.3 Å². The van der Waals surface area contributed by atoms with Gasteiger partial charge in [-0.15, -0.1) is 0 Å². The Morgan fingerprint density at radius 3 is 2.94 bits per heavy atom. The molecule has 2 atom stereocenters. The molecule has 1 aliphatic heterocycles. The van der Waals surface area contributed by atoms with Crippen LogP contribution < -0.4 is 5.32 Å². The minimum atomic E-state index is 0.390. The van der Waals surface area contributed by atoms with Gasteiger partial charge in [-0.25, -0.2) is 0 Å². The van der Waals surface area contributed by atoms with Crippen molar-refractivity contribution in [3.63, 3.8) is 0 Å². The van der Waals surface area contributed by atoms with Crippen LogP contribution in [0.1, 0.15) is 18.4 Å². The van der Waals surface area contributed by atoms with Crippen molar-refractivity contribution < 1.29 is 4.74 Å². The molecule has 0 bridgehead atoms. The number of likely N-dealkylation sites (N-methyl/N-ethyl adjacent to an activating group) is 1. The van der Waals surface area contributed by atoms with Gasteiger partial charge in [-0.05, 0) is 56.0 Å².